The highest BCUT2D eigenvalue weighted by atomic mass is 127. The van der Waals surface area contributed by atoms with Gasteiger partial charge in [-0.25, -0.2) is 18.7 Å². The largest absolute Gasteiger partial charge is 0.496 e. The zero-order valence-corrected chi connectivity index (χ0v) is 36.1. The fourth-order valence-electron chi connectivity index (χ4n) is 6.47. The number of fused-ring (bicyclic) bond motifs is 2. The SMILES string of the molecule is COc1cc(C)c(I)cc1-c1nsc2ccc(-n3c(=O)cc(C)n(C)c3=O)cc12.COc1cc(C)ccc1-c1nsc2ccc(-n3c(=O)cc(C)n(C)c3=O)cc12. The molecule has 57 heavy (non-hydrogen) atoms. The van der Waals surface area contributed by atoms with Gasteiger partial charge in [-0.05, 0) is 145 Å². The molecule has 0 bridgehead atoms. The van der Waals surface area contributed by atoms with Crippen LogP contribution in [0.4, 0.5) is 0 Å². The van der Waals surface area contributed by atoms with Crippen molar-refractivity contribution >= 4 is 65.8 Å². The van der Waals surface area contributed by atoms with Crippen LogP contribution in [0, 0.1) is 31.3 Å². The number of ether oxygens (including phenoxy) is 2. The van der Waals surface area contributed by atoms with Crippen LogP contribution >= 0.6 is 45.7 Å². The van der Waals surface area contributed by atoms with E-state index in [4.69, 9.17) is 9.47 Å². The maximum absolute atomic E-state index is 12.7. The van der Waals surface area contributed by atoms with Crippen LogP contribution in [0.15, 0.2) is 98.0 Å². The highest BCUT2D eigenvalue weighted by Gasteiger charge is 2.19. The Balaban J connectivity index is 0.000000174. The van der Waals surface area contributed by atoms with E-state index in [9.17, 15) is 19.2 Å². The molecule has 4 aromatic heterocycles. The lowest BCUT2D eigenvalue weighted by atomic mass is 10.0. The molecule has 4 aromatic carbocycles. The minimum absolute atomic E-state index is 0.349. The van der Waals surface area contributed by atoms with E-state index in [2.05, 4.69) is 31.3 Å². The lowest BCUT2D eigenvalue weighted by Gasteiger charge is -2.11. The normalized spacial score (nSPS) is 11.2. The molecule has 8 aromatic rings. The average molecular weight is 913 g/mol. The van der Waals surface area contributed by atoms with Gasteiger partial charge in [0.25, 0.3) is 11.1 Å². The molecule has 8 rings (SSSR count). The fraction of sp³-hybridized carbons (Fsp3) is 0.190. The summed E-state index contributed by atoms with van der Waals surface area (Å²) in [5, 5.41) is 1.75. The predicted octanol–water partition coefficient (Wildman–Crippen LogP) is 7.48. The zero-order chi connectivity index (χ0) is 40.9. The van der Waals surface area contributed by atoms with Crippen molar-refractivity contribution in [2.75, 3.05) is 14.2 Å². The quantitative estimate of drug-likeness (QED) is 0.157. The monoisotopic (exact) mass is 912 g/mol. The van der Waals surface area contributed by atoms with E-state index in [-0.39, 0.29) is 22.5 Å². The molecule has 0 unspecified atom stereocenters. The van der Waals surface area contributed by atoms with Crippen molar-refractivity contribution in [3.63, 3.8) is 0 Å². The molecule has 4 heterocycles. The van der Waals surface area contributed by atoms with Crippen molar-refractivity contribution in [1.82, 2.24) is 27.0 Å². The Morgan fingerprint density at radius 2 is 1.05 bits per heavy atom. The summed E-state index contributed by atoms with van der Waals surface area (Å²) in [6.07, 6.45) is 0. The minimum atomic E-state index is -0.374. The van der Waals surface area contributed by atoms with E-state index < -0.39 is 0 Å². The lowest BCUT2D eigenvalue weighted by molar-refractivity contribution is 0.416. The van der Waals surface area contributed by atoms with Gasteiger partial charge in [0.05, 0.1) is 46.4 Å². The van der Waals surface area contributed by atoms with Crippen LogP contribution in [0.1, 0.15) is 22.5 Å². The van der Waals surface area contributed by atoms with Gasteiger partial charge in [0.15, 0.2) is 0 Å². The topological polar surface area (TPSA) is 132 Å². The van der Waals surface area contributed by atoms with Crippen LogP contribution in [0.25, 0.3) is 54.1 Å². The maximum Gasteiger partial charge on any atom is 0.335 e. The molecule has 0 saturated carbocycles. The molecule has 0 N–H and O–H groups in total. The summed E-state index contributed by atoms with van der Waals surface area (Å²) in [6, 6.07) is 23.9. The summed E-state index contributed by atoms with van der Waals surface area (Å²) in [6.45, 7) is 7.51. The van der Waals surface area contributed by atoms with E-state index >= 15 is 0 Å². The van der Waals surface area contributed by atoms with Gasteiger partial charge in [0.1, 0.15) is 11.5 Å². The summed E-state index contributed by atoms with van der Waals surface area (Å²) in [4.78, 5) is 50.4. The summed E-state index contributed by atoms with van der Waals surface area (Å²) in [5.74, 6) is 1.48. The van der Waals surface area contributed by atoms with Crippen LogP contribution in [-0.2, 0) is 14.1 Å². The summed E-state index contributed by atoms with van der Waals surface area (Å²) < 4.78 is 28.7. The van der Waals surface area contributed by atoms with Crippen molar-refractivity contribution in [2.45, 2.75) is 27.7 Å². The maximum atomic E-state index is 12.7. The fourth-order valence-corrected chi connectivity index (χ4v) is 8.47. The van der Waals surface area contributed by atoms with E-state index in [1.807, 2.05) is 68.4 Å². The van der Waals surface area contributed by atoms with Crippen LogP contribution in [0.5, 0.6) is 11.5 Å². The number of methoxy groups -OCH3 is 2. The molecule has 0 radical (unpaired) electrons. The molecule has 0 saturated heterocycles. The average Bonchev–Trinajstić information content (AvgIpc) is 3.81. The molecule has 12 nitrogen and oxygen atoms in total. The second kappa shape index (κ2) is 15.7. The number of aromatic nitrogens is 6. The molecule has 15 heteroatoms. The molecule has 0 fully saturated rings. The number of aryl methyl sites for hydroxylation is 4. The second-order valence-electron chi connectivity index (χ2n) is 13.5. The van der Waals surface area contributed by atoms with E-state index in [1.54, 1.807) is 54.3 Å². The number of hydrogen-bond donors (Lipinski definition) is 0. The molecule has 0 spiro atoms. The molecule has 0 aliphatic rings. The van der Waals surface area contributed by atoms with Crippen LogP contribution in [0.3, 0.4) is 0 Å². The van der Waals surface area contributed by atoms with E-state index in [0.29, 0.717) is 22.8 Å². The van der Waals surface area contributed by atoms with Gasteiger partial charge in [0.2, 0.25) is 0 Å². The molecular weight excluding hydrogens is 876 g/mol. The van der Waals surface area contributed by atoms with Crippen LogP contribution in [0.2, 0.25) is 0 Å². The molecule has 0 atom stereocenters. The Morgan fingerprint density at radius 1 is 0.579 bits per heavy atom. The Morgan fingerprint density at radius 3 is 1.54 bits per heavy atom. The van der Waals surface area contributed by atoms with Crippen molar-refractivity contribution < 1.29 is 9.47 Å². The third-order valence-electron chi connectivity index (χ3n) is 9.89. The van der Waals surface area contributed by atoms with Crippen molar-refractivity contribution in [3.8, 4) is 45.4 Å². The van der Waals surface area contributed by atoms with Crippen LogP contribution < -0.4 is 32.0 Å². The number of rotatable bonds is 6. The summed E-state index contributed by atoms with van der Waals surface area (Å²) >= 11 is 5.04. The third-order valence-corrected chi connectivity index (χ3v) is 12.7. The first-order chi connectivity index (χ1) is 27.2. The van der Waals surface area contributed by atoms with Gasteiger partial charge in [-0.3, -0.25) is 9.59 Å². The van der Waals surface area contributed by atoms with Crippen molar-refractivity contribution in [1.29, 1.82) is 0 Å². The first kappa shape index (κ1) is 39.6. The summed E-state index contributed by atoms with van der Waals surface area (Å²) in [7, 11) is 6.58. The first-order valence-electron chi connectivity index (χ1n) is 17.6. The van der Waals surface area contributed by atoms with Gasteiger partial charge in [-0.2, -0.15) is 8.75 Å². The van der Waals surface area contributed by atoms with Crippen LogP contribution in [-0.4, -0.2) is 41.2 Å². The third kappa shape index (κ3) is 7.26. The summed E-state index contributed by atoms with van der Waals surface area (Å²) in [5.41, 5.74) is 6.36. The smallest absolute Gasteiger partial charge is 0.335 e. The van der Waals surface area contributed by atoms with Gasteiger partial charge < -0.3 is 18.6 Å². The number of nitrogens with zero attached hydrogens (tertiary/aromatic N) is 6. The van der Waals surface area contributed by atoms with Gasteiger partial charge in [-0.15, -0.1) is 0 Å². The van der Waals surface area contributed by atoms with E-state index in [0.717, 1.165) is 68.9 Å². The zero-order valence-electron chi connectivity index (χ0n) is 32.3. The Bertz CT molecular complexity index is 3140. The second-order valence-corrected chi connectivity index (χ2v) is 16.3. The highest BCUT2D eigenvalue weighted by Crippen LogP contribution is 2.39. The molecule has 290 valence electrons. The molecule has 0 aliphatic heterocycles. The first-order valence-corrected chi connectivity index (χ1v) is 20.2. The van der Waals surface area contributed by atoms with Gasteiger partial charge >= 0.3 is 11.4 Å². The Hall–Kier alpha value is -5.65. The number of halogens is 1. The number of hydrogen-bond acceptors (Lipinski definition) is 10. The van der Waals surface area contributed by atoms with Gasteiger partial charge in [0, 0.05) is 63.1 Å². The molecular formula is C42H37IN6O6S2. The standard InChI is InChI=1S/C21H18IN3O3S.C21H19N3O3S/c1-11-7-17(28-4)14(10-16(11)22)20-15-9-13(5-6-18(15)29-23-20)25-19(26)8-12(2)24(3)21(25)27;1-12-5-7-15(17(9-12)27-4)20-16-11-14(6-8-18(16)28-22-20)24-19(25)10-13(2)23(3)21(24)26/h5-10H,1-4H3;5-11H,1-4H3. The van der Waals surface area contributed by atoms with E-state index in [1.165, 1.54) is 53.5 Å². The number of benzene rings is 4. The Labute approximate surface area is 348 Å². The van der Waals surface area contributed by atoms with Gasteiger partial charge in [-0.1, -0.05) is 6.07 Å². The minimum Gasteiger partial charge on any atom is -0.496 e. The highest BCUT2D eigenvalue weighted by molar-refractivity contribution is 14.1. The molecule has 0 aliphatic carbocycles. The van der Waals surface area contributed by atoms with Crippen molar-refractivity contribution in [2.24, 2.45) is 14.1 Å². The predicted molar refractivity (Wildman–Crippen MR) is 237 cm³/mol. The Kier molecular flexibility index (Phi) is 10.9. The molecule has 0 amide bonds. The lowest BCUT2D eigenvalue weighted by Crippen LogP contribution is -2.38. The van der Waals surface area contributed by atoms with Crippen molar-refractivity contribution in [3.05, 3.63) is 147 Å².